The molecule has 1 heterocycles. The molecule has 0 bridgehead atoms. The Labute approximate surface area is 177 Å². The maximum absolute atomic E-state index is 13.1. The number of nitrogens with two attached hydrogens (primary N) is 1. The van der Waals surface area contributed by atoms with Crippen LogP contribution in [0.1, 0.15) is 0 Å². The summed E-state index contributed by atoms with van der Waals surface area (Å²) in [7, 11) is -4.86. The third kappa shape index (κ3) is 4.54. The summed E-state index contributed by atoms with van der Waals surface area (Å²) in [5, 5.41) is 0. The van der Waals surface area contributed by atoms with Gasteiger partial charge in [-0.3, -0.25) is 0 Å². The lowest BCUT2D eigenvalue weighted by atomic mass is 10.2. The molecule has 0 saturated heterocycles. The second-order valence-electron chi connectivity index (χ2n) is 6.60. The summed E-state index contributed by atoms with van der Waals surface area (Å²) < 4.78 is 69.7. The van der Waals surface area contributed by atoms with Crippen LogP contribution in [0.25, 0.3) is 0 Å². The maximum Gasteiger partial charge on any atom is 0.408 e. The first-order valence-corrected chi connectivity index (χ1v) is 10.9. The molecule has 0 radical (unpaired) electrons. The molecule has 2 aromatic rings. The molecule has 0 aliphatic carbocycles. The summed E-state index contributed by atoms with van der Waals surface area (Å²) in [6.07, 6.45) is -0.947. The number of hydrogen-bond acceptors (Lipinski definition) is 4. The van der Waals surface area contributed by atoms with Gasteiger partial charge in [0.05, 0.1) is 0 Å². The van der Waals surface area contributed by atoms with E-state index >= 15 is 0 Å². The summed E-state index contributed by atoms with van der Waals surface area (Å²) in [5.74, 6) is -1.09. The molecule has 1 aliphatic rings. The largest absolute Gasteiger partial charge is 0.457 e. The first-order valence-electron chi connectivity index (χ1n) is 8.83. The summed E-state index contributed by atoms with van der Waals surface area (Å²) in [6.45, 7) is -0.0587. The summed E-state index contributed by atoms with van der Waals surface area (Å²) in [5.41, 5.74) is 4.69. The lowest BCUT2D eigenvalue weighted by Crippen LogP contribution is -2.57. The molecule has 0 aromatic heterocycles. The van der Waals surface area contributed by atoms with Crippen molar-refractivity contribution in [3.05, 3.63) is 78.5 Å². The van der Waals surface area contributed by atoms with Gasteiger partial charge in [0, 0.05) is 24.3 Å². The van der Waals surface area contributed by atoms with Crippen LogP contribution in [0.15, 0.2) is 78.5 Å². The third-order valence-electron chi connectivity index (χ3n) is 4.45. The SMILES string of the molecule is NCC1=C[N+](c2ccc(Oc3ccccc3)cc2)(S(=O)(=O)CC(F)(F)F)C(Cl)C=C1. The highest BCUT2D eigenvalue weighted by molar-refractivity contribution is 7.91. The van der Waals surface area contributed by atoms with E-state index in [2.05, 4.69) is 0 Å². The van der Waals surface area contributed by atoms with Crippen LogP contribution in [0, 0.1) is 0 Å². The fourth-order valence-corrected chi connectivity index (χ4v) is 5.46. The van der Waals surface area contributed by atoms with Gasteiger partial charge in [0.1, 0.15) is 17.7 Å². The van der Waals surface area contributed by atoms with E-state index in [1.54, 1.807) is 24.3 Å². The Balaban J connectivity index is 2.07. The number of para-hydroxylation sites is 1. The van der Waals surface area contributed by atoms with E-state index in [9.17, 15) is 21.6 Å². The highest BCUT2D eigenvalue weighted by Gasteiger charge is 2.54. The number of rotatable bonds is 6. The molecule has 0 spiro atoms. The van der Waals surface area contributed by atoms with Gasteiger partial charge in [-0.1, -0.05) is 29.8 Å². The minimum atomic E-state index is -4.94. The van der Waals surface area contributed by atoms with Gasteiger partial charge in [-0.2, -0.15) is 21.6 Å². The summed E-state index contributed by atoms with van der Waals surface area (Å²) >= 11 is 6.30. The quantitative estimate of drug-likeness (QED) is 0.387. The van der Waals surface area contributed by atoms with Gasteiger partial charge < -0.3 is 10.5 Å². The average Bonchev–Trinajstić information content (AvgIpc) is 2.68. The number of sulfonamides is 1. The lowest BCUT2D eigenvalue weighted by molar-refractivity contribution is -0.106. The van der Waals surface area contributed by atoms with Crippen molar-refractivity contribution in [3.8, 4) is 11.5 Å². The molecular formula is C20H19ClF3N2O3S+. The molecule has 2 atom stereocenters. The Kier molecular flexibility index (Phi) is 6.28. The predicted octanol–water partition coefficient (Wildman–Crippen LogP) is 4.66. The fourth-order valence-electron chi connectivity index (χ4n) is 3.11. The van der Waals surface area contributed by atoms with Crippen molar-refractivity contribution in [1.29, 1.82) is 0 Å². The zero-order chi connectivity index (χ0) is 22.0. The zero-order valence-electron chi connectivity index (χ0n) is 15.6. The summed E-state index contributed by atoms with van der Waals surface area (Å²) in [4.78, 5) is 0. The highest BCUT2D eigenvalue weighted by atomic mass is 35.5. The molecule has 0 amide bonds. The zero-order valence-corrected chi connectivity index (χ0v) is 17.2. The van der Waals surface area contributed by atoms with Gasteiger partial charge in [0.15, 0.2) is 11.4 Å². The number of benzene rings is 2. The molecular weight excluding hydrogens is 441 g/mol. The van der Waals surface area contributed by atoms with Gasteiger partial charge in [0.2, 0.25) is 5.50 Å². The van der Waals surface area contributed by atoms with Crippen LogP contribution < -0.4 is 14.4 Å². The third-order valence-corrected chi connectivity index (χ3v) is 7.18. The van der Waals surface area contributed by atoms with Crippen molar-refractivity contribution < 1.29 is 26.3 Å². The predicted molar refractivity (Wildman–Crippen MR) is 111 cm³/mol. The Hall–Kier alpha value is -2.33. The van der Waals surface area contributed by atoms with Gasteiger partial charge in [-0.15, -0.1) is 3.89 Å². The number of hydrogen-bond donors (Lipinski definition) is 1. The molecule has 30 heavy (non-hydrogen) atoms. The van der Waals surface area contributed by atoms with Crippen LogP contribution >= 0.6 is 11.6 Å². The minimum absolute atomic E-state index is 0.0370. The van der Waals surface area contributed by atoms with Crippen molar-refractivity contribution in [1.82, 2.24) is 3.89 Å². The molecule has 2 aromatic carbocycles. The van der Waals surface area contributed by atoms with Gasteiger partial charge in [-0.25, -0.2) is 0 Å². The van der Waals surface area contributed by atoms with Crippen molar-refractivity contribution in [3.63, 3.8) is 0 Å². The second kappa shape index (κ2) is 8.43. The first kappa shape index (κ1) is 22.4. The molecule has 0 saturated carbocycles. The van der Waals surface area contributed by atoms with Crippen molar-refractivity contribution in [2.75, 3.05) is 12.3 Å². The number of ether oxygens (including phenoxy) is 1. The fraction of sp³-hybridized carbons (Fsp3) is 0.200. The smallest absolute Gasteiger partial charge is 0.408 e. The van der Waals surface area contributed by atoms with E-state index < -0.39 is 31.3 Å². The van der Waals surface area contributed by atoms with Crippen LogP contribution in [-0.2, 0) is 10.0 Å². The van der Waals surface area contributed by atoms with Gasteiger partial charge in [-0.05, 0) is 36.4 Å². The first-order chi connectivity index (χ1) is 14.1. The normalized spacial score (nSPS) is 21.9. The summed E-state index contributed by atoms with van der Waals surface area (Å²) in [6, 6.07) is 14.6. The molecule has 10 heteroatoms. The Bertz CT molecular complexity index is 1050. The molecule has 5 nitrogen and oxygen atoms in total. The van der Waals surface area contributed by atoms with Crippen molar-refractivity contribution in [2.24, 2.45) is 5.73 Å². The van der Waals surface area contributed by atoms with Crippen molar-refractivity contribution in [2.45, 2.75) is 11.7 Å². The lowest BCUT2D eigenvalue weighted by Gasteiger charge is -2.37. The number of halogens is 4. The van der Waals surface area contributed by atoms with Crippen LogP contribution in [0.3, 0.4) is 0 Å². The molecule has 1 aliphatic heterocycles. The molecule has 3 rings (SSSR count). The van der Waals surface area contributed by atoms with Crippen LogP contribution in [0.4, 0.5) is 18.9 Å². The van der Waals surface area contributed by atoms with E-state index in [0.717, 1.165) is 6.20 Å². The monoisotopic (exact) mass is 459 g/mol. The molecule has 2 unspecified atom stereocenters. The van der Waals surface area contributed by atoms with Crippen LogP contribution in [0.5, 0.6) is 11.5 Å². The molecule has 0 fully saturated rings. The van der Waals surface area contributed by atoms with Crippen LogP contribution in [-0.4, -0.2) is 32.4 Å². The van der Waals surface area contributed by atoms with E-state index in [1.807, 2.05) is 6.07 Å². The second-order valence-corrected chi connectivity index (χ2v) is 9.10. The minimum Gasteiger partial charge on any atom is -0.457 e. The number of nitrogens with zero attached hydrogens (tertiary/aromatic N) is 1. The Morgan fingerprint density at radius 2 is 1.63 bits per heavy atom. The van der Waals surface area contributed by atoms with E-state index in [1.165, 1.54) is 36.4 Å². The van der Waals surface area contributed by atoms with E-state index in [0.29, 0.717) is 17.1 Å². The average molecular weight is 460 g/mol. The van der Waals surface area contributed by atoms with Crippen molar-refractivity contribution >= 4 is 27.3 Å². The number of quaternary nitrogens is 1. The van der Waals surface area contributed by atoms with Crippen LogP contribution in [0.2, 0.25) is 0 Å². The molecule has 160 valence electrons. The van der Waals surface area contributed by atoms with E-state index in [-0.39, 0.29) is 12.2 Å². The Morgan fingerprint density at radius 1 is 1.03 bits per heavy atom. The Morgan fingerprint density at radius 3 is 2.20 bits per heavy atom. The number of alkyl halides is 4. The van der Waals surface area contributed by atoms with Gasteiger partial charge >= 0.3 is 16.2 Å². The molecule has 2 N–H and O–H groups in total. The standard InChI is InChI=1S/C20H19ClF3N2O3S/c21-19-11-6-15(12-25)13-26(19,30(27,28)14-20(22,23)24)16-7-9-18(10-8-16)29-17-4-2-1-3-5-17/h1-11,13,19H,12,14,25H2/q+1. The maximum atomic E-state index is 13.1. The van der Waals surface area contributed by atoms with E-state index in [4.69, 9.17) is 22.1 Å². The topological polar surface area (TPSA) is 69.4 Å². The highest BCUT2D eigenvalue weighted by Crippen LogP contribution is 2.40. The van der Waals surface area contributed by atoms with Gasteiger partial charge in [0.25, 0.3) is 0 Å².